The largest absolute Gasteiger partial charge is 0.0654 e. The summed E-state index contributed by atoms with van der Waals surface area (Å²) in [6.45, 7) is 9.37. The minimum atomic E-state index is 0.782. The van der Waals surface area contributed by atoms with E-state index in [2.05, 4.69) is 70.2 Å². The fraction of sp³-hybridized carbons (Fsp3) is 0.625. The standard InChI is InChI=1S/C32H48/c1-5-7-8-12-27-15-20-30(21-16-27)32-22-18-28(24-26(32)4)17-19-29-13-9-10-14-31(29)23-25(3)11-6-2/h9-10,13-14,18,22,24-25,27,30H,5-8,11-12,15-17,19-21,23H2,1-4H3. The van der Waals surface area contributed by atoms with Gasteiger partial charge in [-0.2, -0.15) is 0 Å². The van der Waals surface area contributed by atoms with Gasteiger partial charge in [-0.1, -0.05) is 102 Å². The Kier molecular flexibility index (Phi) is 10.4. The van der Waals surface area contributed by atoms with Crippen molar-refractivity contribution in [3.63, 3.8) is 0 Å². The quantitative estimate of drug-likeness (QED) is 0.293. The molecule has 1 aliphatic rings. The van der Waals surface area contributed by atoms with Crippen LogP contribution in [0.1, 0.15) is 119 Å². The van der Waals surface area contributed by atoms with Gasteiger partial charge in [0.2, 0.25) is 0 Å². The van der Waals surface area contributed by atoms with Crippen molar-refractivity contribution in [2.45, 2.75) is 117 Å². The van der Waals surface area contributed by atoms with Crippen LogP contribution >= 0.6 is 0 Å². The average Bonchev–Trinajstić information content (AvgIpc) is 2.79. The monoisotopic (exact) mass is 432 g/mol. The molecule has 1 fully saturated rings. The van der Waals surface area contributed by atoms with Gasteiger partial charge in [-0.25, -0.2) is 0 Å². The molecule has 3 rings (SSSR count). The van der Waals surface area contributed by atoms with Crippen LogP contribution in [0, 0.1) is 18.8 Å². The maximum atomic E-state index is 2.49. The Bertz CT molecular complexity index is 793. The molecule has 0 amide bonds. The van der Waals surface area contributed by atoms with Crippen molar-refractivity contribution in [3.05, 3.63) is 70.3 Å². The second-order valence-electron chi connectivity index (χ2n) is 10.8. The lowest BCUT2D eigenvalue weighted by atomic mass is 9.76. The third-order valence-electron chi connectivity index (χ3n) is 7.99. The lowest BCUT2D eigenvalue weighted by Gasteiger charge is -2.30. The number of hydrogen-bond donors (Lipinski definition) is 0. The van der Waals surface area contributed by atoms with Crippen LogP contribution in [0.2, 0.25) is 0 Å². The zero-order valence-corrected chi connectivity index (χ0v) is 21.5. The van der Waals surface area contributed by atoms with Crippen molar-refractivity contribution in [1.29, 1.82) is 0 Å². The molecular formula is C32H48. The maximum absolute atomic E-state index is 2.49. The van der Waals surface area contributed by atoms with E-state index in [-0.39, 0.29) is 0 Å². The fourth-order valence-electron chi connectivity index (χ4n) is 6.05. The molecule has 0 N–H and O–H groups in total. The van der Waals surface area contributed by atoms with E-state index in [4.69, 9.17) is 0 Å². The Hall–Kier alpha value is -1.56. The average molecular weight is 433 g/mol. The fourth-order valence-corrected chi connectivity index (χ4v) is 6.05. The maximum Gasteiger partial charge on any atom is -0.0159 e. The molecule has 0 heteroatoms. The predicted octanol–water partition coefficient (Wildman–Crippen LogP) is 9.61. The first-order valence-electron chi connectivity index (χ1n) is 13.8. The van der Waals surface area contributed by atoms with Crippen LogP contribution in [0.15, 0.2) is 42.5 Å². The predicted molar refractivity (Wildman–Crippen MR) is 142 cm³/mol. The highest BCUT2D eigenvalue weighted by molar-refractivity contribution is 5.35. The van der Waals surface area contributed by atoms with Crippen LogP contribution in [-0.2, 0) is 19.3 Å². The van der Waals surface area contributed by atoms with Crippen LogP contribution in [-0.4, -0.2) is 0 Å². The van der Waals surface area contributed by atoms with E-state index in [1.807, 2.05) is 0 Å². The first kappa shape index (κ1) is 25.1. The zero-order valence-electron chi connectivity index (χ0n) is 21.5. The Labute approximate surface area is 199 Å². The molecule has 32 heavy (non-hydrogen) atoms. The summed E-state index contributed by atoms with van der Waals surface area (Å²) in [7, 11) is 0. The Balaban J connectivity index is 1.54. The van der Waals surface area contributed by atoms with Gasteiger partial charge < -0.3 is 0 Å². The van der Waals surface area contributed by atoms with Crippen molar-refractivity contribution in [1.82, 2.24) is 0 Å². The van der Waals surface area contributed by atoms with Crippen LogP contribution in [0.4, 0.5) is 0 Å². The molecule has 0 radical (unpaired) electrons. The second kappa shape index (κ2) is 13.2. The molecule has 0 heterocycles. The van der Waals surface area contributed by atoms with Crippen LogP contribution in [0.5, 0.6) is 0 Å². The zero-order chi connectivity index (χ0) is 22.8. The Morgan fingerprint density at radius 2 is 1.59 bits per heavy atom. The van der Waals surface area contributed by atoms with Gasteiger partial charge >= 0.3 is 0 Å². The van der Waals surface area contributed by atoms with Crippen LogP contribution < -0.4 is 0 Å². The molecule has 2 aromatic carbocycles. The van der Waals surface area contributed by atoms with E-state index < -0.39 is 0 Å². The number of rotatable bonds is 12. The highest BCUT2D eigenvalue weighted by atomic mass is 14.3. The van der Waals surface area contributed by atoms with Crippen molar-refractivity contribution in [2.24, 2.45) is 11.8 Å². The molecule has 176 valence electrons. The highest BCUT2D eigenvalue weighted by Crippen LogP contribution is 2.39. The summed E-state index contributed by atoms with van der Waals surface area (Å²) in [5.41, 5.74) is 7.79. The molecule has 2 aromatic rings. The molecule has 0 aromatic heterocycles. The molecule has 0 spiro atoms. The molecule has 1 atom stereocenters. The summed E-state index contributed by atoms with van der Waals surface area (Å²) in [5, 5.41) is 0. The third-order valence-corrected chi connectivity index (χ3v) is 7.99. The SMILES string of the molecule is CCCCCC1CCC(c2ccc(CCc3ccccc3CC(C)CCC)cc2C)CC1. The van der Waals surface area contributed by atoms with Crippen molar-refractivity contribution < 1.29 is 0 Å². The van der Waals surface area contributed by atoms with Gasteiger partial charge in [0, 0.05) is 0 Å². The molecule has 0 saturated heterocycles. The molecule has 1 saturated carbocycles. The van der Waals surface area contributed by atoms with E-state index in [0.717, 1.165) is 30.6 Å². The molecule has 0 nitrogen and oxygen atoms in total. The number of hydrogen-bond acceptors (Lipinski definition) is 0. The van der Waals surface area contributed by atoms with Crippen molar-refractivity contribution in [3.8, 4) is 0 Å². The van der Waals surface area contributed by atoms with E-state index in [9.17, 15) is 0 Å². The Morgan fingerprint density at radius 1 is 0.844 bits per heavy atom. The Morgan fingerprint density at radius 3 is 2.28 bits per heavy atom. The molecule has 1 unspecified atom stereocenters. The summed E-state index contributed by atoms with van der Waals surface area (Å²) in [5.74, 6) is 2.58. The number of benzene rings is 2. The summed E-state index contributed by atoms with van der Waals surface area (Å²) in [4.78, 5) is 0. The van der Waals surface area contributed by atoms with Gasteiger partial charge in [-0.05, 0) is 97.4 Å². The first-order chi connectivity index (χ1) is 15.6. The van der Waals surface area contributed by atoms with Crippen molar-refractivity contribution >= 4 is 0 Å². The lowest BCUT2D eigenvalue weighted by molar-refractivity contribution is 0.302. The van der Waals surface area contributed by atoms with Gasteiger partial charge in [0.05, 0.1) is 0 Å². The van der Waals surface area contributed by atoms with Crippen LogP contribution in [0.25, 0.3) is 0 Å². The van der Waals surface area contributed by atoms with E-state index in [1.54, 1.807) is 16.7 Å². The lowest BCUT2D eigenvalue weighted by Crippen LogP contribution is -2.14. The summed E-state index contributed by atoms with van der Waals surface area (Å²) >= 11 is 0. The minimum absolute atomic E-state index is 0.782. The van der Waals surface area contributed by atoms with Gasteiger partial charge in [0.15, 0.2) is 0 Å². The molecule has 0 bridgehead atoms. The first-order valence-corrected chi connectivity index (χ1v) is 13.8. The van der Waals surface area contributed by atoms with Crippen molar-refractivity contribution in [2.75, 3.05) is 0 Å². The number of unbranched alkanes of at least 4 members (excludes halogenated alkanes) is 2. The van der Waals surface area contributed by atoms with Gasteiger partial charge in [0.25, 0.3) is 0 Å². The second-order valence-corrected chi connectivity index (χ2v) is 10.8. The summed E-state index contributed by atoms with van der Waals surface area (Å²) in [6.07, 6.45) is 17.5. The van der Waals surface area contributed by atoms with E-state index in [1.165, 1.54) is 81.8 Å². The van der Waals surface area contributed by atoms with E-state index in [0.29, 0.717) is 0 Å². The topological polar surface area (TPSA) is 0 Å². The summed E-state index contributed by atoms with van der Waals surface area (Å²) < 4.78 is 0. The normalized spacial score (nSPS) is 19.8. The smallest absolute Gasteiger partial charge is 0.0159 e. The minimum Gasteiger partial charge on any atom is -0.0654 e. The number of aryl methyl sites for hydroxylation is 3. The van der Waals surface area contributed by atoms with Gasteiger partial charge in [0.1, 0.15) is 0 Å². The van der Waals surface area contributed by atoms with E-state index >= 15 is 0 Å². The molecular weight excluding hydrogens is 384 g/mol. The molecule has 0 aliphatic heterocycles. The van der Waals surface area contributed by atoms with Gasteiger partial charge in [-0.15, -0.1) is 0 Å². The molecule has 1 aliphatic carbocycles. The highest BCUT2D eigenvalue weighted by Gasteiger charge is 2.23. The summed E-state index contributed by atoms with van der Waals surface area (Å²) in [6, 6.07) is 16.5. The van der Waals surface area contributed by atoms with Gasteiger partial charge in [-0.3, -0.25) is 0 Å². The third kappa shape index (κ3) is 7.50. The van der Waals surface area contributed by atoms with Crippen LogP contribution in [0.3, 0.4) is 0 Å².